The Kier molecular flexibility index (Phi) is 7.26. The molecule has 0 unspecified atom stereocenters. The molecule has 0 aliphatic heterocycles. The van der Waals surface area contributed by atoms with Crippen molar-refractivity contribution in [2.24, 2.45) is 0 Å². The van der Waals surface area contributed by atoms with Gasteiger partial charge in [-0.3, -0.25) is 0 Å². The summed E-state index contributed by atoms with van der Waals surface area (Å²) >= 11 is 0. The standard InChI is InChI=1S/C56H35NO/c1-2-11-41-34-56-53(32-40(41)10-1)54-35-46(28-30-55(54)58-56)57(45-27-29-49-43(31-45)22-21-38-9-3-5-13-47(38)49)44-25-23-37(24-26-44)36-17-19-39(20-18-36)52-33-42-12-4-6-14-48(42)50-15-7-8-16-51(50)52/h1-35H. The van der Waals surface area contributed by atoms with Crippen LogP contribution in [0.25, 0.3) is 98.1 Å². The molecule has 12 aromatic rings. The van der Waals surface area contributed by atoms with Gasteiger partial charge in [-0.2, -0.15) is 0 Å². The molecule has 1 heterocycles. The molecule has 2 nitrogen and oxygen atoms in total. The van der Waals surface area contributed by atoms with Gasteiger partial charge in [-0.05, 0) is 137 Å². The molecular weight excluding hydrogens is 703 g/mol. The van der Waals surface area contributed by atoms with Crippen LogP contribution in [0.2, 0.25) is 0 Å². The highest BCUT2D eigenvalue weighted by molar-refractivity contribution is 6.14. The van der Waals surface area contributed by atoms with Crippen LogP contribution in [-0.2, 0) is 0 Å². The zero-order valence-corrected chi connectivity index (χ0v) is 31.6. The van der Waals surface area contributed by atoms with E-state index in [9.17, 15) is 0 Å². The molecule has 0 aliphatic carbocycles. The van der Waals surface area contributed by atoms with Gasteiger partial charge in [0, 0.05) is 27.8 Å². The van der Waals surface area contributed by atoms with Crippen LogP contribution >= 0.6 is 0 Å². The van der Waals surface area contributed by atoms with Gasteiger partial charge in [0.25, 0.3) is 0 Å². The fourth-order valence-electron chi connectivity index (χ4n) is 9.11. The average molecular weight is 738 g/mol. The second kappa shape index (κ2) is 12.9. The first-order valence-electron chi connectivity index (χ1n) is 19.9. The molecule has 12 rings (SSSR count). The summed E-state index contributed by atoms with van der Waals surface area (Å²) in [6, 6.07) is 77.2. The fourth-order valence-corrected chi connectivity index (χ4v) is 9.11. The van der Waals surface area contributed by atoms with E-state index in [2.05, 4.69) is 217 Å². The van der Waals surface area contributed by atoms with E-state index in [4.69, 9.17) is 4.42 Å². The third-order valence-electron chi connectivity index (χ3n) is 12.0. The Labute approximate surface area is 335 Å². The third-order valence-corrected chi connectivity index (χ3v) is 12.0. The number of furan rings is 1. The fraction of sp³-hybridized carbons (Fsp3) is 0. The molecule has 0 N–H and O–H groups in total. The number of anilines is 3. The summed E-state index contributed by atoms with van der Waals surface area (Å²) in [4.78, 5) is 2.37. The number of benzene rings is 11. The molecule has 0 spiro atoms. The lowest BCUT2D eigenvalue weighted by atomic mass is 9.92. The quantitative estimate of drug-likeness (QED) is 0.164. The molecule has 11 aromatic carbocycles. The molecule has 0 radical (unpaired) electrons. The summed E-state index contributed by atoms with van der Waals surface area (Å²) in [5.74, 6) is 0. The highest BCUT2D eigenvalue weighted by Gasteiger charge is 2.18. The van der Waals surface area contributed by atoms with E-state index in [1.165, 1.54) is 76.1 Å². The summed E-state index contributed by atoms with van der Waals surface area (Å²) in [7, 11) is 0. The predicted octanol–water partition coefficient (Wildman–Crippen LogP) is 16.2. The second-order valence-corrected chi connectivity index (χ2v) is 15.3. The first-order valence-corrected chi connectivity index (χ1v) is 19.9. The van der Waals surface area contributed by atoms with Gasteiger partial charge in [-0.1, -0.05) is 152 Å². The van der Waals surface area contributed by atoms with Crippen molar-refractivity contribution in [3.63, 3.8) is 0 Å². The van der Waals surface area contributed by atoms with E-state index in [1.54, 1.807) is 0 Å². The van der Waals surface area contributed by atoms with E-state index in [1.807, 2.05) is 0 Å². The van der Waals surface area contributed by atoms with Crippen LogP contribution in [0, 0.1) is 0 Å². The minimum Gasteiger partial charge on any atom is -0.456 e. The molecule has 0 saturated carbocycles. The number of nitrogens with zero attached hydrogens (tertiary/aromatic N) is 1. The maximum Gasteiger partial charge on any atom is 0.136 e. The van der Waals surface area contributed by atoms with Gasteiger partial charge in [-0.25, -0.2) is 0 Å². The summed E-state index contributed by atoms with van der Waals surface area (Å²) in [6.45, 7) is 0. The highest BCUT2D eigenvalue weighted by atomic mass is 16.3. The van der Waals surface area contributed by atoms with E-state index in [-0.39, 0.29) is 0 Å². The van der Waals surface area contributed by atoms with Crippen molar-refractivity contribution in [2.45, 2.75) is 0 Å². The number of hydrogen-bond acceptors (Lipinski definition) is 2. The van der Waals surface area contributed by atoms with Crippen molar-refractivity contribution in [2.75, 3.05) is 4.90 Å². The number of hydrogen-bond donors (Lipinski definition) is 0. The predicted molar refractivity (Wildman–Crippen MR) is 247 cm³/mol. The van der Waals surface area contributed by atoms with E-state index in [0.29, 0.717) is 0 Å². The van der Waals surface area contributed by atoms with Crippen molar-refractivity contribution in [1.29, 1.82) is 0 Å². The second-order valence-electron chi connectivity index (χ2n) is 15.3. The molecule has 0 amide bonds. The molecule has 0 saturated heterocycles. The average Bonchev–Trinajstić information content (AvgIpc) is 3.65. The molecule has 270 valence electrons. The molecule has 1 aromatic heterocycles. The molecule has 0 aliphatic rings. The Morgan fingerprint density at radius 1 is 0.259 bits per heavy atom. The zero-order chi connectivity index (χ0) is 38.2. The lowest BCUT2D eigenvalue weighted by Gasteiger charge is -2.26. The minimum absolute atomic E-state index is 0.884. The summed E-state index contributed by atoms with van der Waals surface area (Å²) in [6.07, 6.45) is 0. The lowest BCUT2D eigenvalue weighted by molar-refractivity contribution is 0.669. The van der Waals surface area contributed by atoms with Crippen LogP contribution < -0.4 is 4.90 Å². The van der Waals surface area contributed by atoms with Crippen LogP contribution in [-0.4, -0.2) is 0 Å². The van der Waals surface area contributed by atoms with Crippen LogP contribution in [0.1, 0.15) is 0 Å². The summed E-state index contributed by atoms with van der Waals surface area (Å²) in [5.41, 5.74) is 9.87. The van der Waals surface area contributed by atoms with Gasteiger partial charge in [0.1, 0.15) is 11.2 Å². The SMILES string of the molecule is c1ccc2cc3c(cc2c1)oc1ccc(N(c2ccc(-c4ccc(-c5cc6ccccc6c6ccccc56)cc4)cc2)c2ccc4c(ccc5ccccc54)c2)cc13. The Morgan fingerprint density at radius 2 is 0.759 bits per heavy atom. The molecule has 0 atom stereocenters. The lowest BCUT2D eigenvalue weighted by Crippen LogP contribution is -2.09. The van der Waals surface area contributed by atoms with Gasteiger partial charge in [0.2, 0.25) is 0 Å². The van der Waals surface area contributed by atoms with E-state index in [0.717, 1.165) is 39.0 Å². The summed E-state index contributed by atoms with van der Waals surface area (Å²) < 4.78 is 6.43. The molecule has 0 fully saturated rings. The van der Waals surface area contributed by atoms with Crippen molar-refractivity contribution in [3.05, 3.63) is 212 Å². The van der Waals surface area contributed by atoms with Gasteiger partial charge < -0.3 is 9.32 Å². The Morgan fingerprint density at radius 3 is 1.53 bits per heavy atom. The van der Waals surface area contributed by atoms with Crippen molar-refractivity contribution in [3.8, 4) is 22.3 Å². The van der Waals surface area contributed by atoms with E-state index < -0.39 is 0 Å². The third kappa shape index (κ3) is 5.27. The topological polar surface area (TPSA) is 16.4 Å². The van der Waals surface area contributed by atoms with Crippen molar-refractivity contribution >= 4 is 92.9 Å². The Bertz CT molecular complexity index is 3560. The first kappa shape index (κ1) is 32.6. The maximum atomic E-state index is 6.43. The zero-order valence-electron chi connectivity index (χ0n) is 31.6. The summed E-state index contributed by atoms with van der Waals surface area (Å²) in [5, 5.41) is 14.7. The van der Waals surface area contributed by atoms with Crippen LogP contribution in [0.4, 0.5) is 17.1 Å². The molecule has 0 bridgehead atoms. The molecular formula is C56H35NO. The highest BCUT2D eigenvalue weighted by Crippen LogP contribution is 2.42. The van der Waals surface area contributed by atoms with Crippen molar-refractivity contribution in [1.82, 2.24) is 0 Å². The van der Waals surface area contributed by atoms with E-state index >= 15 is 0 Å². The minimum atomic E-state index is 0.884. The van der Waals surface area contributed by atoms with Crippen LogP contribution in [0.3, 0.4) is 0 Å². The Hall–Kier alpha value is -7.68. The van der Waals surface area contributed by atoms with Crippen molar-refractivity contribution < 1.29 is 4.42 Å². The number of rotatable bonds is 5. The monoisotopic (exact) mass is 737 g/mol. The van der Waals surface area contributed by atoms with Crippen LogP contribution in [0.15, 0.2) is 217 Å². The van der Waals surface area contributed by atoms with Gasteiger partial charge in [0.15, 0.2) is 0 Å². The van der Waals surface area contributed by atoms with Gasteiger partial charge in [-0.15, -0.1) is 0 Å². The number of fused-ring (bicyclic) bond motifs is 10. The smallest absolute Gasteiger partial charge is 0.136 e. The van der Waals surface area contributed by atoms with Crippen LogP contribution in [0.5, 0.6) is 0 Å². The maximum absolute atomic E-state index is 6.43. The van der Waals surface area contributed by atoms with Gasteiger partial charge in [0.05, 0.1) is 0 Å². The molecule has 58 heavy (non-hydrogen) atoms. The Balaban J connectivity index is 0.959. The normalized spacial score (nSPS) is 11.8. The molecule has 2 heteroatoms. The first-order chi connectivity index (χ1) is 28.7. The largest absolute Gasteiger partial charge is 0.456 e. The van der Waals surface area contributed by atoms with Gasteiger partial charge >= 0.3 is 0 Å².